The van der Waals surface area contributed by atoms with Gasteiger partial charge in [-0.05, 0) is 36.2 Å². The maximum absolute atomic E-state index is 6.01. The maximum atomic E-state index is 6.01. The van der Waals surface area contributed by atoms with E-state index >= 15 is 0 Å². The summed E-state index contributed by atoms with van der Waals surface area (Å²) in [5, 5.41) is 1.99. The van der Waals surface area contributed by atoms with E-state index < -0.39 is 0 Å². The van der Waals surface area contributed by atoms with E-state index in [1.54, 1.807) is 0 Å². The fourth-order valence-electron chi connectivity index (χ4n) is 1.91. The van der Waals surface area contributed by atoms with Crippen molar-refractivity contribution in [2.75, 3.05) is 6.54 Å². The number of aromatic nitrogens is 1. The molecule has 0 bridgehead atoms. The van der Waals surface area contributed by atoms with Crippen LogP contribution in [0.5, 0.6) is 0 Å². The molecular formula is C12H15ClN2. The van der Waals surface area contributed by atoms with Crippen molar-refractivity contribution < 1.29 is 0 Å². The Morgan fingerprint density at radius 2 is 2.20 bits per heavy atom. The molecule has 15 heavy (non-hydrogen) atoms. The number of aryl methyl sites for hydroxylation is 1. The summed E-state index contributed by atoms with van der Waals surface area (Å²) in [5.41, 5.74) is 8.18. The van der Waals surface area contributed by atoms with Crippen molar-refractivity contribution in [2.24, 2.45) is 12.8 Å². The van der Waals surface area contributed by atoms with Crippen LogP contribution in [0, 0.1) is 0 Å². The Labute approximate surface area is 94.6 Å². The summed E-state index contributed by atoms with van der Waals surface area (Å²) in [6, 6.07) is 5.98. The Balaban J connectivity index is 2.69. The molecule has 0 aliphatic carbocycles. The first-order chi connectivity index (χ1) is 7.13. The smallest absolute Gasteiger partial charge is 0.0481 e. The van der Waals surface area contributed by atoms with Gasteiger partial charge in [-0.3, -0.25) is 0 Å². The van der Waals surface area contributed by atoms with Gasteiger partial charge in [-0.1, -0.05) is 18.5 Å². The number of hydrogen-bond donors (Lipinski definition) is 1. The standard InChI is InChI=1S/C12H15ClN2/c1-8(6-14)11-7-15(2)12-4-3-9(13)5-10(11)12/h3-5,7-8H,6,14H2,1-2H3. The first kappa shape index (κ1) is 10.5. The molecule has 2 N–H and O–H groups in total. The highest BCUT2D eigenvalue weighted by molar-refractivity contribution is 6.31. The molecule has 1 heterocycles. The lowest BCUT2D eigenvalue weighted by Crippen LogP contribution is -2.08. The highest BCUT2D eigenvalue weighted by atomic mass is 35.5. The lowest BCUT2D eigenvalue weighted by atomic mass is 10.0. The Kier molecular flexibility index (Phi) is 2.72. The van der Waals surface area contributed by atoms with Gasteiger partial charge in [0.2, 0.25) is 0 Å². The molecule has 3 heteroatoms. The maximum Gasteiger partial charge on any atom is 0.0481 e. The van der Waals surface area contributed by atoms with Gasteiger partial charge in [-0.25, -0.2) is 0 Å². The van der Waals surface area contributed by atoms with E-state index in [0.29, 0.717) is 12.5 Å². The molecule has 1 aromatic carbocycles. The summed E-state index contributed by atoms with van der Waals surface area (Å²) in [4.78, 5) is 0. The molecule has 0 saturated carbocycles. The van der Waals surface area contributed by atoms with Gasteiger partial charge in [-0.2, -0.15) is 0 Å². The van der Waals surface area contributed by atoms with Crippen LogP contribution < -0.4 is 5.73 Å². The van der Waals surface area contributed by atoms with Crippen molar-refractivity contribution in [1.29, 1.82) is 0 Å². The molecule has 2 rings (SSSR count). The summed E-state index contributed by atoms with van der Waals surface area (Å²) in [7, 11) is 2.04. The third-order valence-electron chi connectivity index (χ3n) is 2.87. The highest BCUT2D eigenvalue weighted by Crippen LogP contribution is 2.28. The van der Waals surface area contributed by atoms with Crippen molar-refractivity contribution in [3.8, 4) is 0 Å². The third kappa shape index (κ3) is 1.75. The second kappa shape index (κ2) is 3.87. The van der Waals surface area contributed by atoms with Crippen LogP contribution in [-0.4, -0.2) is 11.1 Å². The number of benzene rings is 1. The van der Waals surface area contributed by atoms with E-state index in [2.05, 4.69) is 17.7 Å². The molecule has 0 fully saturated rings. The van der Waals surface area contributed by atoms with Crippen LogP contribution in [0.4, 0.5) is 0 Å². The van der Waals surface area contributed by atoms with Crippen molar-refractivity contribution >= 4 is 22.5 Å². The first-order valence-corrected chi connectivity index (χ1v) is 5.46. The average Bonchev–Trinajstić information content (AvgIpc) is 2.54. The molecule has 1 atom stereocenters. The van der Waals surface area contributed by atoms with Gasteiger partial charge in [0.15, 0.2) is 0 Å². The second-order valence-corrected chi connectivity index (χ2v) is 4.43. The Morgan fingerprint density at radius 1 is 1.47 bits per heavy atom. The first-order valence-electron chi connectivity index (χ1n) is 5.08. The number of fused-ring (bicyclic) bond motifs is 1. The van der Waals surface area contributed by atoms with E-state index in [1.165, 1.54) is 16.5 Å². The summed E-state index contributed by atoms with van der Waals surface area (Å²) in [5.74, 6) is 0.368. The topological polar surface area (TPSA) is 30.9 Å². The van der Waals surface area contributed by atoms with E-state index in [4.69, 9.17) is 17.3 Å². The summed E-state index contributed by atoms with van der Waals surface area (Å²) in [6.07, 6.45) is 2.14. The Morgan fingerprint density at radius 3 is 2.87 bits per heavy atom. The lowest BCUT2D eigenvalue weighted by molar-refractivity contribution is 0.774. The molecule has 0 spiro atoms. The molecular weight excluding hydrogens is 208 g/mol. The second-order valence-electron chi connectivity index (χ2n) is 3.99. The van der Waals surface area contributed by atoms with Crippen LogP contribution in [0.25, 0.3) is 10.9 Å². The Bertz CT molecular complexity index is 488. The molecule has 0 radical (unpaired) electrons. The number of halogens is 1. The Hall–Kier alpha value is -0.990. The predicted molar refractivity (Wildman–Crippen MR) is 65.4 cm³/mol. The average molecular weight is 223 g/mol. The molecule has 2 nitrogen and oxygen atoms in total. The molecule has 0 saturated heterocycles. The van der Waals surface area contributed by atoms with Crippen LogP contribution in [0.2, 0.25) is 5.02 Å². The summed E-state index contributed by atoms with van der Waals surface area (Å²) in [6.45, 7) is 2.79. The van der Waals surface area contributed by atoms with Crippen molar-refractivity contribution in [1.82, 2.24) is 4.57 Å². The SMILES string of the molecule is CC(CN)c1cn(C)c2ccc(Cl)cc12. The van der Waals surface area contributed by atoms with Gasteiger partial charge in [0.1, 0.15) is 0 Å². The highest BCUT2D eigenvalue weighted by Gasteiger charge is 2.11. The normalized spacial score (nSPS) is 13.3. The molecule has 2 aromatic rings. The van der Waals surface area contributed by atoms with Crippen LogP contribution in [-0.2, 0) is 7.05 Å². The molecule has 1 unspecified atom stereocenters. The molecule has 1 aromatic heterocycles. The zero-order chi connectivity index (χ0) is 11.0. The van der Waals surface area contributed by atoms with Crippen molar-refractivity contribution in [3.05, 3.63) is 35.0 Å². The van der Waals surface area contributed by atoms with Crippen LogP contribution in [0.3, 0.4) is 0 Å². The van der Waals surface area contributed by atoms with E-state index in [9.17, 15) is 0 Å². The fraction of sp³-hybridized carbons (Fsp3) is 0.333. The minimum absolute atomic E-state index is 0.368. The zero-order valence-corrected chi connectivity index (χ0v) is 9.75. The molecule has 80 valence electrons. The van der Waals surface area contributed by atoms with Crippen LogP contribution >= 0.6 is 11.6 Å². The summed E-state index contributed by atoms with van der Waals surface area (Å²) >= 11 is 6.01. The van der Waals surface area contributed by atoms with Crippen molar-refractivity contribution in [2.45, 2.75) is 12.8 Å². The van der Waals surface area contributed by atoms with E-state index in [-0.39, 0.29) is 0 Å². The van der Waals surface area contributed by atoms with Gasteiger partial charge >= 0.3 is 0 Å². The van der Waals surface area contributed by atoms with Crippen molar-refractivity contribution in [3.63, 3.8) is 0 Å². The molecule has 0 aliphatic heterocycles. The monoisotopic (exact) mass is 222 g/mol. The number of nitrogens with two attached hydrogens (primary N) is 1. The third-order valence-corrected chi connectivity index (χ3v) is 3.10. The van der Waals surface area contributed by atoms with Crippen LogP contribution in [0.1, 0.15) is 18.4 Å². The molecule has 0 amide bonds. The molecule has 0 aliphatic rings. The van der Waals surface area contributed by atoms with Crippen LogP contribution in [0.15, 0.2) is 24.4 Å². The zero-order valence-electron chi connectivity index (χ0n) is 9.00. The quantitative estimate of drug-likeness (QED) is 0.833. The summed E-state index contributed by atoms with van der Waals surface area (Å²) < 4.78 is 2.12. The number of nitrogens with zero attached hydrogens (tertiary/aromatic N) is 1. The van der Waals surface area contributed by atoms with E-state index in [1.807, 2.05) is 25.2 Å². The van der Waals surface area contributed by atoms with Gasteiger partial charge < -0.3 is 10.3 Å². The number of hydrogen-bond acceptors (Lipinski definition) is 1. The van der Waals surface area contributed by atoms with Gasteiger partial charge in [0.05, 0.1) is 0 Å². The van der Waals surface area contributed by atoms with Gasteiger partial charge in [-0.15, -0.1) is 0 Å². The van der Waals surface area contributed by atoms with E-state index in [0.717, 1.165) is 5.02 Å². The van der Waals surface area contributed by atoms with Gasteiger partial charge in [0.25, 0.3) is 0 Å². The fourth-order valence-corrected chi connectivity index (χ4v) is 2.09. The lowest BCUT2D eigenvalue weighted by Gasteiger charge is -2.06. The minimum atomic E-state index is 0.368. The largest absolute Gasteiger partial charge is 0.350 e. The minimum Gasteiger partial charge on any atom is -0.350 e. The number of rotatable bonds is 2. The predicted octanol–water partition coefficient (Wildman–Crippen LogP) is 2.89. The van der Waals surface area contributed by atoms with Gasteiger partial charge in [0, 0.05) is 29.2 Å².